The van der Waals surface area contributed by atoms with Crippen molar-refractivity contribution in [1.29, 1.82) is 0 Å². The lowest BCUT2D eigenvalue weighted by molar-refractivity contribution is -0.148. The van der Waals surface area contributed by atoms with Gasteiger partial charge in [0.1, 0.15) is 24.2 Å². The van der Waals surface area contributed by atoms with Gasteiger partial charge in [0.25, 0.3) is 0 Å². The predicted octanol–water partition coefficient (Wildman–Crippen LogP) is 1.74. The van der Waals surface area contributed by atoms with Crippen LogP contribution >= 0.6 is 0 Å². The van der Waals surface area contributed by atoms with Gasteiger partial charge in [0.2, 0.25) is 11.8 Å². The Labute approximate surface area is 172 Å². The maximum absolute atomic E-state index is 12.7. The number of unbranched alkanes of at least 4 members (excludes halogenated alkanes) is 1. The van der Waals surface area contributed by atoms with Gasteiger partial charge in [-0.3, -0.25) is 9.59 Å². The molecule has 9 nitrogen and oxygen atoms in total. The van der Waals surface area contributed by atoms with E-state index in [0.717, 1.165) is 12.8 Å². The van der Waals surface area contributed by atoms with Crippen molar-refractivity contribution in [3.05, 3.63) is 0 Å². The smallest absolute Gasteiger partial charge is 0.408 e. The molecule has 0 aliphatic carbocycles. The highest BCUT2D eigenvalue weighted by atomic mass is 16.6. The first-order chi connectivity index (χ1) is 13.6. The molecule has 1 aliphatic heterocycles. The van der Waals surface area contributed by atoms with Crippen molar-refractivity contribution in [2.24, 2.45) is 0 Å². The number of carbonyl (C=O) groups excluding carboxylic acids is 4. The molecular formula is C20H35N3O6. The number of hydrogen-bond donors (Lipinski definition) is 2. The van der Waals surface area contributed by atoms with Crippen molar-refractivity contribution < 1.29 is 28.7 Å². The minimum Gasteiger partial charge on any atom is -0.464 e. The van der Waals surface area contributed by atoms with Crippen LogP contribution in [0.25, 0.3) is 0 Å². The molecule has 0 radical (unpaired) electrons. The van der Waals surface area contributed by atoms with E-state index in [2.05, 4.69) is 10.6 Å². The molecule has 1 heterocycles. The number of likely N-dealkylation sites (tertiary alicyclic amines) is 1. The van der Waals surface area contributed by atoms with Crippen LogP contribution in [0.5, 0.6) is 0 Å². The van der Waals surface area contributed by atoms with E-state index in [4.69, 9.17) is 9.47 Å². The first-order valence-corrected chi connectivity index (χ1v) is 10.3. The van der Waals surface area contributed by atoms with Gasteiger partial charge in [-0.15, -0.1) is 0 Å². The summed E-state index contributed by atoms with van der Waals surface area (Å²) in [5.74, 6) is -1.20. The Morgan fingerprint density at radius 1 is 1.17 bits per heavy atom. The van der Waals surface area contributed by atoms with Gasteiger partial charge in [-0.05, 0) is 47.0 Å². The molecule has 0 saturated carbocycles. The summed E-state index contributed by atoms with van der Waals surface area (Å²) in [6, 6.07) is -1.39. The van der Waals surface area contributed by atoms with Crippen molar-refractivity contribution in [2.45, 2.75) is 84.4 Å². The Morgan fingerprint density at radius 2 is 1.86 bits per heavy atom. The number of carbonyl (C=O) groups is 4. The Hall–Kier alpha value is -2.32. The van der Waals surface area contributed by atoms with Crippen LogP contribution in [0.1, 0.15) is 66.7 Å². The third-order valence-electron chi connectivity index (χ3n) is 4.39. The number of nitrogens with zero attached hydrogens (tertiary/aromatic N) is 1. The molecule has 3 amide bonds. The Morgan fingerprint density at radius 3 is 2.45 bits per heavy atom. The summed E-state index contributed by atoms with van der Waals surface area (Å²) in [6.45, 7) is 9.31. The monoisotopic (exact) mass is 413 g/mol. The maximum Gasteiger partial charge on any atom is 0.408 e. The van der Waals surface area contributed by atoms with Gasteiger partial charge in [-0.1, -0.05) is 19.8 Å². The van der Waals surface area contributed by atoms with Gasteiger partial charge in [0, 0.05) is 6.54 Å². The average Bonchev–Trinajstić information content (AvgIpc) is 3.11. The third kappa shape index (κ3) is 8.70. The second-order valence-corrected chi connectivity index (χ2v) is 8.06. The van der Waals surface area contributed by atoms with Crippen molar-refractivity contribution in [1.82, 2.24) is 15.5 Å². The van der Waals surface area contributed by atoms with Gasteiger partial charge < -0.3 is 25.0 Å². The first-order valence-electron chi connectivity index (χ1n) is 10.3. The van der Waals surface area contributed by atoms with E-state index in [1.54, 1.807) is 27.7 Å². The van der Waals surface area contributed by atoms with E-state index >= 15 is 0 Å². The number of hydrogen-bond acceptors (Lipinski definition) is 6. The number of alkyl carbamates (subject to hydrolysis) is 1. The molecule has 166 valence electrons. The first kappa shape index (κ1) is 24.7. The van der Waals surface area contributed by atoms with Gasteiger partial charge in [0.05, 0.1) is 6.61 Å². The van der Waals surface area contributed by atoms with Crippen molar-refractivity contribution in [3.8, 4) is 0 Å². The molecule has 0 unspecified atom stereocenters. The van der Waals surface area contributed by atoms with E-state index in [-0.39, 0.29) is 25.0 Å². The predicted molar refractivity (Wildman–Crippen MR) is 107 cm³/mol. The zero-order valence-corrected chi connectivity index (χ0v) is 18.2. The summed E-state index contributed by atoms with van der Waals surface area (Å²) in [5.41, 5.74) is -0.663. The highest BCUT2D eigenvalue weighted by molar-refractivity contribution is 5.92. The summed E-state index contributed by atoms with van der Waals surface area (Å²) in [6.07, 6.45) is 2.64. The second-order valence-electron chi connectivity index (χ2n) is 8.06. The van der Waals surface area contributed by atoms with Gasteiger partial charge in [-0.2, -0.15) is 0 Å². The third-order valence-corrected chi connectivity index (χ3v) is 4.39. The lowest BCUT2D eigenvalue weighted by Crippen LogP contribution is -2.52. The second kappa shape index (κ2) is 11.6. The molecule has 1 rings (SSSR count). The van der Waals surface area contributed by atoms with Crippen LogP contribution in [-0.4, -0.2) is 66.2 Å². The molecule has 1 aliphatic rings. The highest BCUT2D eigenvalue weighted by Gasteiger charge is 2.36. The summed E-state index contributed by atoms with van der Waals surface area (Å²) in [4.78, 5) is 50.6. The molecule has 2 N–H and O–H groups in total. The number of ether oxygens (including phenoxy) is 2. The van der Waals surface area contributed by atoms with Crippen LogP contribution < -0.4 is 10.6 Å². The van der Waals surface area contributed by atoms with Crippen LogP contribution in [0.2, 0.25) is 0 Å². The lowest BCUT2D eigenvalue weighted by Gasteiger charge is -2.26. The van der Waals surface area contributed by atoms with Crippen molar-refractivity contribution >= 4 is 23.9 Å². The summed E-state index contributed by atoms with van der Waals surface area (Å²) in [7, 11) is 0. The van der Waals surface area contributed by atoms with Crippen LogP contribution in [-0.2, 0) is 23.9 Å². The zero-order chi connectivity index (χ0) is 22.0. The largest absolute Gasteiger partial charge is 0.464 e. The van der Waals surface area contributed by atoms with Crippen LogP contribution in [0.3, 0.4) is 0 Å². The number of esters is 1. The molecule has 0 aromatic carbocycles. The van der Waals surface area contributed by atoms with Crippen LogP contribution in [0.4, 0.5) is 4.79 Å². The zero-order valence-electron chi connectivity index (χ0n) is 18.2. The molecular weight excluding hydrogens is 378 g/mol. The SMILES string of the molecule is CCCC[C@H](NC(=O)[C@@H]1CCCN1C(=O)CNC(=O)OC(C)(C)C)C(=O)OCC. The number of nitrogens with one attached hydrogen (secondary N) is 2. The van der Waals surface area contributed by atoms with Crippen molar-refractivity contribution in [3.63, 3.8) is 0 Å². The maximum atomic E-state index is 12.7. The van der Waals surface area contributed by atoms with Gasteiger partial charge in [-0.25, -0.2) is 9.59 Å². The standard InChI is InChI=1S/C20H35N3O6/c1-6-8-10-14(18(26)28-7-2)22-17(25)15-11-9-12-23(15)16(24)13-21-19(27)29-20(3,4)5/h14-15H,6-13H2,1-5H3,(H,21,27)(H,22,25)/t14-,15-/m0/s1. The molecule has 0 aromatic heterocycles. The van der Waals surface area contributed by atoms with Crippen molar-refractivity contribution in [2.75, 3.05) is 19.7 Å². The van der Waals surface area contributed by atoms with Crippen LogP contribution in [0, 0.1) is 0 Å². The van der Waals surface area contributed by atoms with E-state index < -0.39 is 29.7 Å². The lowest BCUT2D eigenvalue weighted by atomic mass is 10.1. The average molecular weight is 414 g/mol. The quantitative estimate of drug-likeness (QED) is 0.557. The molecule has 29 heavy (non-hydrogen) atoms. The van der Waals surface area contributed by atoms with Gasteiger partial charge >= 0.3 is 12.1 Å². The Balaban J connectivity index is 2.66. The van der Waals surface area contributed by atoms with Gasteiger partial charge in [0.15, 0.2) is 0 Å². The topological polar surface area (TPSA) is 114 Å². The number of rotatable bonds is 9. The fourth-order valence-corrected chi connectivity index (χ4v) is 3.07. The molecule has 9 heteroatoms. The molecule has 0 aromatic rings. The normalized spacial score (nSPS) is 17.4. The summed E-state index contributed by atoms with van der Waals surface area (Å²) in [5, 5.41) is 5.16. The Bertz CT molecular complexity index is 587. The summed E-state index contributed by atoms with van der Waals surface area (Å²) >= 11 is 0. The minimum absolute atomic E-state index is 0.238. The fraction of sp³-hybridized carbons (Fsp3) is 0.800. The summed E-state index contributed by atoms with van der Waals surface area (Å²) < 4.78 is 10.2. The van der Waals surface area contributed by atoms with E-state index in [9.17, 15) is 19.2 Å². The molecule has 2 atom stereocenters. The highest BCUT2D eigenvalue weighted by Crippen LogP contribution is 2.18. The molecule has 0 spiro atoms. The molecule has 0 bridgehead atoms. The minimum atomic E-state index is -0.722. The Kier molecular flexibility index (Phi) is 9.91. The van der Waals surface area contributed by atoms with E-state index in [1.807, 2.05) is 6.92 Å². The molecule has 1 saturated heterocycles. The van der Waals surface area contributed by atoms with Crippen LogP contribution in [0.15, 0.2) is 0 Å². The fourth-order valence-electron chi connectivity index (χ4n) is 3.07. The van der Waals surface area contributed by atoms with E-state index in [1.165, 1.54) is 4.90 Å². The number of amides is 3. The van der Waals surface area contributed by atoms with E-state index in [0.29, 0.717) is 25.8 Å². The molecule has 1 fully saturated rings.